The fraction of sp³-hybridized carbons (Fsp3) is 0.800. The molecule has 4 heteroatoms. The molecular weight excluding hydrogens is 238 g/mol. The third kappa shape index (κ3) is 3.72. The molecule has 1 heterocycles. The smallest absolute Gasteiger partial charge is 0.161 e. The van der Waals surface area contributed by atoms with Crippen molar-refractivity contribution < 1.29 is 4.74 Å². The van der Waals surface area contributed by atoms with Crippen LogP contribution in [0.25, 0.3) is 0 Å². The van der Waals surface area contributed by atoms with Gasteiger partial charge in [0.2, 0.25) is 0 Å². The van der Waals surface area contributed by atoms with Crippen LogP contribution in [0, 0.1) is 5.92 Å². The van der Waals surface area contributed by atoms with Crippen molar-refractivity contribution in [1.29, 1.82) is 0 Å². The summed E-state index contributed by atoms with van der Waals surface area (Å²) in [6.45, 7) is 11.9. The summed E-state index contributed by atoms with van der Waals surface area (Å²) in [7, 11) is 1.72. The van der Waals surface area contributed by atoms with Crippen molar-refractivity contribution in [2.45, 2.75) is 59.5 Å². The lowest BCUT2D eigenvalue weighted by molar-refractivity contribution is 0.321. The molecule has 1 aromatic rings. The Morgan fingerprint density at radius 1 is 1.32 bits per heavy atom. The molecule has 0 spiro atoms. The van der Waals surface area contributed by atoms with E-state index in [2.05, 4.69) is 49.7 Å². The predicted octanol–water partition coefficient (Wildman–Crippen LogP) is 3.56. The van der Waals surface area contributed by atoms with Gasteiger partial charge in [-0.25, -0.2) is 0 Å². The number of ether oxygens (including phenoxy) is 1. The first-order valence-electron chi connectivity index (χ1n) is 7.41. The summed E-state index contributed by atoms with van der Waals surface area (Å²) in [4.78, 5) is 0. The highest BCUT2D eigenvalue weighted by Crippen LogP contribution is 2.33. The first-order chi connectivity index (χ1) is 9.06. The average molecular weight is 267 g/mol. The van der Waals surface area contributed by atoms with Gasteiger partial charge in [-0.05, 0) is 32.7 Å². The molecule has 0 aliphatic carbocycles. The van der Waals surface area contributed by atoms with E-state index < -0.39 is 0 Å². The van der Waals surface area contributed by atoms with Crippen LogP contribution in [-0.2, 0) is 0 Å². The van der Waals surface area contributed by atoms with Crippen molar-refractivity contribution in [3.63, 3.8) is 0 Å². The van der Waals surface area contributed by atoms with Crippen LogP contribution in [-0.4, -0.2) is 23.4 Å². The molecule has 1 rings (SSSR count). The Morgan fingerprint density at radius 2 is 2.00 bits per heavy atom. The molecule has 1 N–H and O–H groups in total. The topological polar surface area (TPSA) is 39.1 Å². The fourth-order valence-electron chi connectivity index (χ4n) is 2.63. The van der Waals surface area contributed by atoms with Gasteiger partial charge in [-0.1, -0.05) is 27.2 Å². The SMILES string of the molecule is CCCC(C)C(NCC)c1c(OC)cnn1C(C)C. The Kier molecular flexibility index (Phi) is 6.35. The Labute approximate surface area is 117 Å². The number of hydrogen-bond donors (Lipinski definition) is 1. The highest BCUT2D eigenvalue weighted by atomic mass is 16.5. The van der Waals surface area contributed by atoms with Crippen molar-refractivity contribution in [1.82, 2.24) is 15.1 Å². The molecule has 4 nitrogen and oxygen atoms in total. The molecule has 0 bridgehead atoms. The first kappa shape index (κ1) is 16.0. The van der Waals surface area contributed by atoms with Crippen molar-refractivity contribution in [3.8, 4) is 5.75 Å². The van der Waals surface area contributed by atoms with Crippen LogP contribution in [0.1, 0.15) is 65.2 Å². The van der Waals surface area contributed by atoms with Crippen LogP contribution in [0.2, 0.25) is 0 Å². The Bertz CT molecular complexity index is 373. The number of nitrogens with zero attached hydrogens (tertiary/aromatic N) is 2. The highest BCUT2D eigenvalue weighted by Gasteiger charge is 2.26. The lowest BCUT2D eigenvalue weighted by atomic mass is 9.93. The van der Waals surface area contributed by atoms with Crippen LogP contribution in [0.3, 0.4) is 0 Å². The molecule has 0 radical (unpaired) electrons. The molecular formula is C15H29N3O. The molecule has 110 valence electrons. The summed E-state index contributed by atoms with van der Waals surface area (Å²) in [5, 5.41) is 8.08. The maximum Gasteiger partial charge on any atom is 0.161 e. The molecule has 2 unspecified atom stereocenters. The molecule has 0 fully saturated rings. The summed E-state index contributed by atoms with van der Waals surface area (Å²) in [5.41, 5.74) is 1.18. The van der Waals surface area contributed by atoms with Crippen molar-refractivity contribution in [3.05, 3.63) is 11.9 Å². The lowest BCUT2D eigenvalue weighted by Gasteiger charge is -2.27. The van der Waals surface area contributed by atoms with E-state index in [4.69, 9.17) is 4.74 Å². The molecule has 0 aliphatic rings. The van der Waals surface area contributed by atoms with Crippen molar-refractivity contribution in [2.75, 3.05) is 13.7 Å². The molecule has 0 saturated carbocycles. The van der Waals surface area contributed by atoms with Crippen LogP contribution in [0.5, 0.6) is 5.75 Å². The minimum absolute atomic E-state index is 0.296. The summed E-state index contributed by atoms with van der Waals surface area (Å²) in [5.74, 6) is 1.45. The van der Waals surface area contributed by atoms with Gasteiger partial charge in [0.05, 0.1) is 25.0 Å². The normalized spacial score (nSPS) is 14.7. The Balaban J connectivity index is 3.15. The van der Waals surface area contributed by atoms with Crippen LogP contribution >= 0.6 is 0 Å². The molecule has 0 amide bonds. The van der Waals surface area contributed by atoms with Crippen LogP contribution in [0.4, 0.5) is 0 Å². The van der Waals surface area contributed by atoms with Crippen molar-refractivity contribution >= 4 is 0 Å². The number of rotatable bonds is 8. The number of methoxy groups -OCH3 is 1. The van der Waals surface area contributed by atoms with E-state index in [1.54, 1.807) is 7.11 Å². The predicted molar refractivity (Wildman–Crippen MR) is 79.7 cm³/mol. The maximum atomic E-state index is 5.51. The minimum atomic E-state index is 0.296. The summed E-state index contributed by atoms with van der Waals surface area (Å²) < 4.78 is 7.59. The van der Waals surface area contributed by atoms with E-state index in [1.807, 2.05) is 6.20 Å². The van der Waals surface area contributed by atoms with Gasteiger partial charge < -0.3 is 10.1 Å². The average Bonchev–Trinajstić information content (AvgIpc) is 2.79. The molecule has 0 aliphatic heterocycles. The van der Waals surface area contributed by atoms with Gasteiger partial charge in [-0.15, -0.1) is 0 Å². The van der Waals surface area contributed by atoms with E-state index in [1.165, 1.54) is 18.5 Å². The molecule has 2 atom stereocenters. The summed E-state index contributed by atoms with van der Waals surface area (Å²) in [6.07, 6.45) is 4.23. The van der Waals surface area contributed by atoms with Gasteiger partial charge in [-0.3, -0.25) is 4.68 Å². The zero-order valence-corrected chi connectivity index (χ0v) is 13.2. The quantitative estimate of drug-likeness (QED) is 0.782. The second-order valence-corrected chi connectivity index (χ2v) is 5.44. The number of nitrogens with one attached hydrogen (secondary N) is 1. The maximum absolute atomic E-state index is 5.51. The lowest BCUT2D eigenvalue weighted by Crippen LogP contribution is -2.30. The van der Waals surface area contributed by atoms with Gasteiger partial charge in [0.15, 0.2) is 5.75 Å². The first-order valence-corrected chi connectivity index (χ1v) is 7.41. The fourth-order valence-corrected chi connectivity index (χ4v) is 2.63. The largest absolute Gasteiger partial charge is 0.493 e. The second kappa shape index (κ2) is 7.53. The minimum Gasteiger partial charge on any atom is -0.493 e. The van der Waals surface area contributed by atoms with Gasteiger partial charge in [0.25, 0.3) is 0 Å². The van der Waals surface area contributed by atoms with Crippen LogP contribution in [0.15, 0.2) is 6.20 Å². The second-order valence-electron chi connectivity index (χ2n) is 5.44. The zero-order valence-electron chi connectivity index (χ0n) is 13.2. The zero-order chi connectivity index (χ0) is 14.4. The summed E-state index contributed by atoms with van der Waals surface area (Å²) >= 11 is 0. The van der Waals surface area contributed by atoms with Crippen molar-refractivity contribution in [2.24, 2.45) is 5.92 Å². The van der Waals surface area contributed by atoms with E-state index >= 15 is 0 Å². The van der Waals surface area contributed by atoms with E-state index in [0.29, 0.717) is 18.0 Å². The van der Waals surface area contributed by atoms with E-state index in [0.717, 1.165) is 12.3 Å². The van der Waals surface area contributed by atoms with Gasteiger partial charge in [0, 0.05) is 6.04 Å². The number of aromatic nitrogens is 2. The van der Waals surface area contributed by atoms with E-state index in [9.17, 15) is 0 Å². The summed E-state index contributed by atoms with van der Waals surface area (Å²) in [6, 6.07) is 0.638. The number of hydrogen-bond acceptors (Lipinski definition) is 3. The Hall–Kier alpha value is -1.03. The molecule has 0 saturated heterocycles. The van der Waals surface area contributed by atoms with Gasteiger partial charge >= 0.3 is 0 Å². The Morgan fingerprint density at radius 3 is 2.47 bits per heavy atom. The molecule has 0 aromatic carbocycles. The highest BCUT2D eigenvalue weighted by molar-refractivity contribution is 5.29. The third-order valence-corrected chi connectivity index (χ3v) is 3.54. The standard InChI is InChI=1S/C15H29N3O/c1-7-9-12(5)14(16-8-2)15-13(19-6)10-17-18(15)11(3)4/h10-12,14,16H,7-9H2,1-6H3. The van der Waals surface area contributed by atoms with Gasteiger partial charge in [0.1, 0.15) is 0 Å². The molecule has 19 heavy (non-hydrogen) atoms. The van der Waals surface area contributed by atoms with E-state index in [-0.39, 0.29) is 0 Å². The molecule has 1 aromatic heterocycles. The van der Waals surface area contributed by atoms with Crippen LogP contribution < -0.4 is 10.1 Å². The third-order valence-electron chi connectivity index (χ3n) is 3.54. The van der Waals surface area contributed by atoms with Gasteiger partial charge in [-0.2, -0.15) is 5.10 Å². The monoisotopic (exact) mass is 267 g/mol.